The first-order valence-corrected chi connectivity index (χ1v) is 12.0. The van der Waals surface area contributed by atoms with Gasteiger partial charge in [0.1, 0.15) is 11.6 Å². The van der Waals surface area contributed by atoms with Gasteiger partial charge in [0.25, 0.3) is 5.91 Å². The lowest BCUT2D eigenvalue weighted by atomic mass is 10.1. The Labute approximate surface area is 204 Å². The molecule has 0 saturated heterocycles. The Morgan fingerprint density at radius 3 is 2.34 bits per heavy atom. The molecule has 1 aliphatic carbocycles. The van der Waals surface area contributed by atoms with Crippen molar-refractivity contribution in [3.63, 3.8) is 0 Å². The summed E-state index contributed by atoms with van der Waals surface area (Å²) in [5.74, 6) is 0.850. The molecule has 1 aliphatic rings. The molecule has 178 valence electrons. The summed E-state index contributed by atoms with van der Waals surface area (Å²) in [5, 5.41) is 4.89. The molecule has 0 unspecified atom stereocenters. The molecule has 1 saturated carbocycles. The number of carbonyl (C=O) groups is 1. The van der Waals surface area contributed by atoms with E-state index in [2.05, 4.69) is 6.92 Å². The van der Waals surface area contributed by atoms with E-state index < -0.39 is 0 Å². The molecule has 35 heavy (non-hydrogen) atoms. The van der Waals surface area contributed by atoms with Gasteiger partial charge in [0.15, 0.2) is 0 Å². The van der Waals surface area contributed by atoms with Crippen LogP contribution in [0.1, 0.15) is 46.9 Å². The van der Waals surface area contributed by atoms with Crippen molar-refractivity contribution < 1.29 is 13.9 Å². The van der Waals surface area contributed by atoms with Gasteiger partial charge in [-0.25, -0.2) is 9.07 Å². The zero-order valence-electron chi connectivity index (χ0n) is 19.9. The largest absolute Gasteiger partial charge is 0.439 e. The number of benzene rings is 3. The summed E-state index contributed by atoms with van der Waals surface area (Å²) < 4.78 is 21.7. The number of rotatable bonds is 8. The Bertz CT molecular complexity index is 1310. The quantitative estimate of drug-likeness (QED) is 0.297. The first kappa shape index (κ1) is 22.8. The van der Waals surface area contributed by atoms with Crippen molar-refractivity contribution in [2.24, 2.45) is 0 Å². The first-order chi connectivity index (χ1) is 17.0. The lowest BCUT2D eigenvalue weighted by Crippen LogP contribution is -2.33. The molecule has 5 nitrogen and oxygen atoms in total. The Morgan fingerprint density at radius 1 is 1.03 bits per heavy atom. The second-order valence-corrected chi connectivity index (χ2v) is 8.92. The van der Waals surface area contributed by atoms with Gasteiger partial charge in [-0.15, -0.1) is 0 Å². The zero-order chi connectivity index (χ0) is 24.4. The van der Waals surface area contributed by atoms with Gasteiger partial charge in [0.2, 0.25) is 5.88 Å². The van der Waals surface area contributed by atoms with Crippen molar-refractivity contribution in [3.05, 3.63) is 107 Å². The summed E-state index contributed by atoms with van der Waals surface area (Å²) in [6.45, 7) is 4.46. The number of aryl methyl sites for hydroxylation is 2. The van der Waals surface area contributed by atoms with E-state index in [4.69, 9.17) is 9.84 Å². The summed E-state index contributed by atoms with van der Waals surface area (Å²) >= 11 is 0. The second kappa shape index (κ2) is 9.74. The van der Waals surface area contributed by atoms with Crippen LogP contribution in [0.5, 0.6) is 11.6 Å². The van der Waals surface area contributed by atoms with Crippen LogP contribution < -0.4 is 4.74 Å². The van der Waals surface area contributed by atoms with E-state index in [-0.39, 0.29) is 17.8 Å². The average molecular weight is 470 g/mol. The van der Waals surface area contributed by atoms with Gasteiger partial charge in [-0.1, -0.05) is 42.8 Å². The van der Waals surface area contributed by atoms with Crippen molar-refractivity contribution in [2.75, 3.05) is 0 Å². The van der Waals surface area contributed by atoms with E-state index in [0.717, 1.165) is 35.3 Å². The van der Waals surface area contributed by atoms with E-state index >= 15 is 0 Å². The summed E-state index contributed by atoms with van der Waals surface area (Å²) in [6, 6.07) is 23.7. The van der Waals surface area contributed by atoms with Crippen LogP contribution in [0.2, 0.25) is 0 Å². The van der Waals surface area contributed by atoms with Gasteiger partial charge in [-0.2, -0.15) is 5.10 Å². The van der Waals surface area contributed by atoms with Crippen LogP contribution >= 0.6 is 0 Å². The average Bonchev–Trinajstić information content (AvgIpc) is 3.67. The number of amides is 1. The number of para-hydroxylation sites is 1. The summed E-state index contributed by atoms with van der Waals surface area (Å²) in [6.07, 6.45) is 2.60. The van der Waals surface area contributed by atoms with E-state index in [1.54, 1.807) is 12.1 Å². The van der Waals surface area contributed by atoms with Crippen molar-refractivity contribution in [3.8, 4) is 17.3 Å². The molecule has 6 heteroatoms. The van der Waals surface area contributed by atoms with Crippen LogP contribution in [0.3, 0.4) is 0 Å². The normalized spacial score (nSPS) is 13.0. The molecule has 3 aromatic carbocycles. The van der Waals surface area contributed by atoms with Gasteiger partial charge in [-0.05, 0) is 74.7 Å². The van der Waals surface area contributed by atoms with Crippen molar-refractivity contribution in [1.29, 1.82) is 0 Å². The summed E-state index contributed by atoms with van der Waals surface area (Å²) in [5.41, 5.74) is 4.28. The van der Waals surface area contributed by atoms with Crippen LogP contribution in [0.4, 0.5) is 4.39 Å². The molecule has 0 bridgehead atoms. The Morgan fingerprint density at radius 2 is 1.71 bits per heavy atom. The standard InChI is InChI=1S/C29H28FN3O2/c1-3-27-26(19-32(23-15-16-23)28(34)21-11-13-22(30)14-12-21)29(35-25-17-9-20(2)10-18-25)33(31-27)24-7-5-4-6-8-24/h4-14,17-18,23H,3,15-16,19H2,1-2H3. The lowest BCUT2D eigenvalue weighted by molar-refractivity contribution is 0.0728. The van der Waals surface area contributed by atoms with Crippen LogP contribution in [-0.2, 0) is 13.0 Å². The first-order valence-electron chi connectivity index (χ1n) is 12.0. The highest BCUT2D eigenvalue weighted by Gasteiger charge is 2.35. The fourth-order valence-corrected chi connectivity index (χ4v) is 4.17. The highest BCUT2D eigenvalue weighted by atomic mass is 19.1. The Balaban J connectivity index is 1.57. The molecular formula is C29H28FN3O2. The number of hydrogen-bond acceptors (Lipinski definition) is 3. The van der Waals surface area contributed by atoms with Gasteiger partial charge >= 0.3 is 0 Å². The predicted molar refractivity (Wildman–Crippen MR) is 133 cm³/mol. The van der Waals surface area contributed by atoms with Crippen molar-refractivity contribution in [1.82, 2.24) is 14.7 Å². The van der Waals surface area contributed by atoms with Gasteiger partial charge in [0.05, 0.1) is 23.5 Å². The molecular weight excluding hydrogens is 441 g/mol. The van der Waals surface area contributed by atoms with E-state index in [1.807, 2.05) is 71.1 Å². The third-order valence-corrected chi connectivity index (χ3v) is 6.26. The molecule has 1 fully saturated rings. The van der Waals surface area contributed by atoms with Crippen LogP contribution in [0, 0.1) is 12.7 Å². The molecule has 1 aromatic heterocycles. The predicted octanol–water partition coefficient (Wildman–Crippen LogP) is 6.48. The molecule has 0 aliphatic heterocycles. The fourth-order valence-electron chi connectivity index (χ4n) is 4.17. The molecule has 0 radical (unpaired) electrons. The minimum absolute atomic E-state index is 0.108. The highest BCUT2D eigenvalue weighted by molar-refractivity contribution is 5.94. The number of aromatic nitrogens is 2. The van der Waals surface area contributed by atoms with Gasteiger partial charge in [-0.3, -0.25) is 4.79 Å². The number of carbonyl (C=O) groups excluding carboxylic acids is 1. The van der Waals surface area contributed by atoms with Crippen LogP contribution in [-0.4, -0.2) is 26.6 Å². The molecule has 0 N–H and O–H groups in total. The van der Waals surface area contributed by atoms with E-state index in [0.29, 0.717) is 30.2 Å². The molecule has 4 aromatic rings. The fraction of sp³-hybridized carbons (Fsp3) is 0.241. The number of halogens is 1. The second-order valence-electron chi connectivity index (χ2n) is 8.92. The maximum absolute atomic E-state index is 13.5. The third kappa shape index (κ3) is 4.97. The van der Waals surface area contributed by atoms with Gasteiger partial charge in [0, 0.05) is 11.6 Å². The van der Waals surface area contributed by atoms with Crippen molar-refractivity contribution in [2.45, 2.75) is 45.7 Å². The molecule has 0 atom stereocenters. The highest BCUT2D eigenvalue weighted by Crippen LogP contribution is 2.36. The molecule has 0 spiro atoms. The molecule has 5 rings (SSSR count). The smallest absolute Gasteiger partial charge is 0.254 e. The van der Waals surface area contributed by atoms with Crippen LogP contribution in [0.25, 0.3) is 5.69 Å². The number of ether oxygens (including phenoxy) is 1. The zero-order valence-corrected chi connectivity index (χ0v) is 19.9. The minimum Gasteiger partial charge on any atom is -0.439 e. The number of nitrogens with zero attached hydrogens (tertiary/aromatic N) is 3. The topological polar surface area (TPSA) is 47.4 Å². The Kier molecular flexibility index (Phi) is 6.36. The monoisotopic (exact) mass is 469 g/mol. The summed E-state index contributed by atoms with van der Waals surface area (Å²) in [7, 11) is 0. The Hall–Kier alpha value is -3.93. The van der Waals surface area contributed by atoms with Crippen molar-refractivity contribution >= 4 is 5.91 Å². The van der Waals surface area contributed by atoms with Crippen LogP contribution in [0.15, 0.2) is 78.9 Å². The maximum atomic E-state index is 13.5. The summed E-state index contributed by atoms with van der Waals surface area (Å²) in [4.78, 5) is 15.3. The molecule has 1 amide bonds. The van der Waals surface area contributed by atoms with E-state index in [9.17, 15) is 9.18 Å². The van der Waals surface area contributed by atoms with E-state index in [1.165, 1.54) is 12.1 Å². The van der Waals surface area contributed by atoms with Gasteiger partial charge < -0.3 is 9.64 Å². The molecule has 1 heterocycles. The minimum atomic E-state index is -0.356. The third-order valence-electron chi connectivity index (χ3n) is 6.26. The lowest BCUT2D eigenvalue weighted by Gasteiger charge is -2.23. The SMILES string of the molecule is CCc1nn(-c2ccccc2)c(Oc2ccc(C)cc2)c1CN(C(=O)c1ccc(F)cc1)C1CC1. The maximum Gasteiger partial charge on any atom is 0.254 e. The number of hydrogen-bond donors (Lipinski definition) is 0.